The SMILES string of the molecule is CCCCNC(=O)c1cc(-c2ccc(Cl)cc2)c2nccn2c1. The molecule has 0 saturated carbocycles. The highest BCUT2D eigenvalue weighted by atomic mass is 35.5. The number of unbranched alkanes of at least 4 members (excludes halogenated alkanes) is 1. The number of carbonyl (C=O) groups is 1. The quantitative estimate of drug-likeness (QED) is 0.714. The van der Waals surface area contributed by atoms with Gasteiger partial charge >= 0.3 is 0 Å². The Bertz CT molecular complexity index is 824. The van der Waals surface area contributed by atoms with Crippen LogP contribution in [0.4, 0.5) is 0 Å². The number of carbonyl (C=O) groups excluding carboxylic acids is 1. The summed E-state index contributed by atoms with van der Waals surface area (Å²) in [5.74, 6) is -0.0655. The highest BCUT2D eigenvalue weighted by Gasteiger charge is 2.12. The summed E-state index contributed by atoms with van der Waals surface area (Å²) in [5.41, 5.74) is 3.33. The molecule has 0 fully saturated rings. The van der Waals surface area contributed by atoms with Gasteiger partial charge < -0.3 is 9.72 Å². The van der Waals surface area contributed by atoms with Crippen LogP contribution >= 0.6 is 11.6 Å². The number of imidazole rings is 1. The van der Waals surface area contributed by atoms with Gasteiger partial charge in [-0.15, -0.1) is 0 Å². The molecule has 0 aliphatic rings. The number of nitrogens with zero attached hydrogens (tertiary/aromatic N) is 2. The molecule has 5 heteroatoms. The van der Waals surface area contributed by atoms with Gasteiger partial charge in [-0.25, -0.2) is 4.98 Å². The Morgan fingerprint density at radius 1 is 1.30 bits per heavy atom. The van der Waals surface area contributed by atoms with E-state index in [2.05, 4.69) is 17.2 Å². The van der Waals surface area contributed by atoms with Crippen LogP contribution in [-0.4, -0.2) is 21.8 Å². The number of hydrogen-bond donors (Lipinski definition) is 1. The average Bonchev–Trinajstić information content (AvgIpc) is 3.03. The largest absolute Gasteiger partial charge is 0.352 e. The van der Waals surface area contributed by atoms with Crippen molar-refractivity contribution in [1.29, 1.82) is 0 Å². The van der Waals surface area contributed by atoms with Crippen molar-refractivity contribution >= 4 is 23.2 Å². The van der Waals surface area contributed by atoms with E-state index in [1.807, 2.05) is 47.1 Å². The first kappa shape index (κ1) is 15.6. The maximum Gasteiger partial charge on any atom is 0.252 e. The molecule has 0 saturated heterocycles. The van der Waals surface area contributed by atoms with Gasteiger partial charge in [-0.2, -0.15) is 0 Å². The van der Waals surface area contributed by atoms with Crippen LogP contribution in [0.25, 0.3) is 16.8 Å². The summed E-state index contributed by atoms with van der Waals surface area (Å²) in [6, 6.07) is 9.43. The summed E-state index contributed by atoms with van der Waals surface area (Å²) in [6.45, 7) is 2.79. The topological polar surface area (TPSA) is 46.4 Å². The van der Waals surface area contributed by atoms with Crippen LogP contribution in [-0.2, 0) is 0 Å². The van der Waals surface area contributed by atoms with Crippen molar-refractivity contribution in [1.82, 2.24) is 14.7 Å². The number of pyridine rings is 1. The van der Waals surface area contributed by atoms with Crippen molar-refractivity contribution in [2.45, 2.75) is 19.8 Å². The van der Waals surface area contributed by atoms with Gasteiger partial charge in [0.05, 0.1) is 5.56 Å². The molecule has 1 aromatic carbocycles. The first-order valence-electron chi connectivity index (χ1n) is 7.70. The number of aromatic nitrogens is 2. The van der Waals surface area contributed by atoms with Crippen molar-refractivity contribution in [2.75, 3.05) is 6.54 Å². The van der Waals surface area contributed by atoms with E-state index >= 15 is 0 Å². The minimum absolute atomic E-state index is 0.0655. The lowest BCUT2D eigenvalue weighted by atomic mass is 10.0. The molecule has 4 nitrogen and oxygen atoms in total. The summed E-state index contributed by atoms with van der Waals surface area (Å²) in [6.07, 6.45) is 7.41. The second kappa shape index (κ2) is 6.84. The van der Waals surface area contributed by atoms with Crippen LogP contribution in [0.3, 0.4) is 0 Å². The number of fused-ring (bicyclic) bond motifs is 1. The zero-order valence-electron chi connectivity index (χ0n) is 12.9. The van der Waals surface area contributed by atoms with E-state index < -0.39 is 0 Å². The zero-order chi connectivity index (χ0) is 16.2. The number of nitrogens with one attached hydrogen (secondary N) is 1. The molecule has 0 unspecified atom stereocenters. The Labute approximate surface area is 140 Å². The van der Waals surface area contributed by atoms with E-state index in [4.69, 9.17) is 11.6 Å². The molecule has 1 N–H and O–H groups in total. The Balaban J connectivity index is 2.01. The van der Waals surface area contributed by atoms with Crippen molar-refractivity contribution in [3.63, 3.8) is 0 Å². The van der Waals surface area contributed by atoms with E-state index in [-0.39, 0.29) is 5.91 Å². The fraction of sp³-hybridized carbons (Fsp3) is 0.222. The predicted molar refractivity (Wildman–Crippen MR) is 92.9 cm³/mol. The van der Waals surface area contributed by atoms with Crippen LogP contribution in [0.5, 0.6) is 0 Å². The molecule has 0 radical (unpaired) electrons. The van der Waals surface area contributed by atoms with Gasteiger partial charge in [0.15, 0.2) is 0 Å². The zero-order valence-corrected chi connectivity index (χ0v) is 13.7. The van der Waals surface area contributed by atoms with Crippen LogP contribution in [0.15, 0.2) is 48.9 Å². The van der Waals surface area contributed by atoms with E-state index in [0.29, 0.717) is 17.1 Å². The molecule has 3 rings (SSSR count). The maximum atomic E-state index is 12.4. The highest BCUT2D eigenvalue weighted by molar-refractivity contribution is 6.30. The second-order valence-corrected chi connectivity index (χ2v) is 5.85. The van der Waals surface area contributed by atoms with Crippen molar-refractivity contribution in [3.8, 4) is 11.1 Å². The molecular formula is C18H18ClN3O. The summed E-state index contributed by atoms with van der Waals surface area (Å²) < 4.78 is 1.87. The highest BCUT2D eigenvalue weighted by Crippen LogP contribution is 2.26. The lowest BCUT2D eigenvalue weighted by Gasteiger charge is -2.09. The Kier molecular flexibility index (Phi) is 4.63. The first-order chi connectivity index (χ1) is 11.2. The third-order valence-corrected chi connectivity index (χ3v) is 3.97. The fourth-order valence-corrected chi connectivity index (χ4v) is 2.61. The monoisotopic (exact) mass is 327 g/mol. The minimum atomic E-state index is -0.0655. The van der Waals surface area contributed by atoms with Crippen LogP contribution in [0, 0.1) is 0 Å². The van der Waals surface area contributed by atoms with E-state index in [1.54, 1.807) is 6.20 Å². The van der Waals surface area contributed by atoms with Gasteiger partial charge in [0.2, 0.25) is 0 Å². The molecule has 0 bridgehead atoms. The van der Waals surface area contributed by atoms with Crippen molar-refractivity contribution in [2.24, 2.45) is 0 Å². The number of amides is 1. The Morgan fingerprint density at radius 3 is 2.83 bits per heavy atom. The molecule has 0 spiro atoms. The number of rotatable bonds is 5. The average molecular weight is 328 g/mol. The summed E-state index contributed by atoms with van der Waals surface area (Å²) >= 11 is 5.96. The maximum absolute atomic E-state index is 12.4. The Morgan fingerprint density at radius 2 is 2.09 bits per heavy atom. The predicted octanol–water partition coefficient (Wildman–Crippen LogP) is 4.18. The van der Waals surface area contributed by atoms with Gasteiger partial charge in [0.1, 0.15) is 5.65 Å². The summed E-state index contributed by atoms with van der Waals surface area (Å²) in [5, 5.41) is 3.63. The van der Waals surface area contributed by atoms with Crippen LogP contribution in [0.1, 0.15) is 30.1 Å². The number of hydrogen-bond acceptors (Lipinski definition) is 2. The lowest BCUT2D eigenvalue weighted by Crippen LogP contribution is -2.24. The molecule has 2 aromatic heterocycles. The van der Waals surface area contributed by atoms with Gasteiger partial charge in [-0.05, 0) is 30.2 Å². The first-order valence-corrected chi connectivity index (χ1v) is 8.07. The van der Waals surface area contributed by atoms with Gasteiger partial charge in [0, 0.05) is 35.7 Å². The van der Waals surface area contributed by atoms with Crippen molar-refractivity contribution in [3.05, 3.63) is 59.5 Å². The molecule has 0 atom stereocenters. The Hall–Kier alpha value is -2.33. The smallest absolute Gasteiger partial charge is 0.252 e. The fourth-order valence-electron chi connectivity index (χ4n) is 2.48. The third-order valence-electron chi connectivity index (χ3n) is 3.72. The molecule has 2 heterocycles. The third kappa shape index (κ3) is 3.37. The molecule has 3 aromatic rings. The molecular weight excluding hydrogens is 310 g/mol. The molecule has 1 amide bonds. The standard InChI is InChI=1S/C18H18ClN3O/c1-2-3-8-21-18(23)14-11-16(13-4-6-15(19)7-5-13)17-20-9-10-22(17)12-14/h4-7,9-12H,2-3,8H2,1H3,(H,21,23). The lowest BCUT2D eigenvalue weighted by molar-refractivity contribution is 0.0953. The van der Waals surface area contributed by atoms with Crippen LogP contribution in [0.2, 0.25) is 5.02 Å². The van der Waals surface area contributed by atoms with E-state index in [9.17, 15) is 4.79 Å². The molecule has 118 valence electrons. The molecule has 0 aliphatic carbocycles. The van der Waals surface area contributed by atoms with Gasteiger partial charge in [-0.3, -0.25) is 4.79 Å². The summed E-state index contributed by atoms with van der Waals surface area (Å²) in [4.78, 5) is 16.7. The van der Waals surface area contributed by atoms with E-state index in [0.717, 1.165) is 29.6 Å². The van der Waals surface area contributed by atoms with Crippen molar-refractivity contribution < 1.29 is 4.79 Å². The summed E-state index contributed by atoms with van der Waals surface area (Å²) in [7, 11) is 0. The number of benzene rings is 1. The second-order valence-electron chi connectivity index (χ2n) is 5.42. The van der Waals surface area contributed by atoms with E-state index in [1.165, 1.54) is 0 Å². The molecule has 23 heavy (non-hydrogen) atoms. The van der Waals surface area contributed by atoms with Gasteiger partial charge in [0.25, 0.3) is 5.91 Å². The van der Waals surface area contributed by atoms with Gasteiger partial charge in [-0.1, -0.05) is 37.1 Å². The normalized spacial score (nSPS) is 10.9. The van der Waals surface area contributed by atoms with Crippen LogP contribution < -0.4 is 5.32 Å². The molecule has 0 aliphatic heterocycles. The number of halogens is 1. The minimum Gasteiger partial charge on any atom is -0.352 e.